The van der Waals surface area contributed by atoms with Gasteiger partial charge in [0.1, 0.15) is 17.7 Å². The molecule has 1 saturated carbocycles. The number of aliphatic hydroxyl groups excluding tert-OH is 1. The Morgan fingerprint density at radius 3 is 2.45 bits per heavy atom. The van der Waals surface area contributed by atoms with Crippen LogP contribution in [0.2, 0.25) is 0 Å². The number of hydrogen-bond donors (Lipinski definition) is 2. The number of nitrogens with one attached hydrogen (secondary N) is 1. The van der Waals surface area contributed by atoms with Crippen LogP contribution in [0.15, 0.2) is 89.6 Å². The second-order valence-corrected chi connectivity index (χ2v) is 10.1. The summed E-state index contributed by atoms with van der Waals surface area (Å²) >= 11 is 0. The molecule has 0 saturated heterocycles. The Morgan fingerprint density at radius 1 is 1.05 bits per heavy atom. The first-order valence-electron chi connectivity index (χ1n) is 13.0. The molecule has 2 heterocycles. The molecule has 0 bridgehead atoms. The molecule has 202 valence electrons. The molecular formula is C32H26F2N2O4. The van der Waals surface area contributed by atoms with Gasteiger partial charge in [-0.2, -0.15) is 0 Å². The Hall–Kier alpha value is -4.56. The van der Waals surface area contributed by atoms with E-state index < -0.39 is 23.8 Å². The number of carbonyl (C=O) groups is 1. The Kier molecular flexibility index (Phi) is 6.56. The summed E-state index contributed by atoms with van der Waals surface area (Å²) in [5.41, 5.74) is 2.45. The first kappa shape index (κ1) is 25.7. The molecule has 1 unspecified atom stereocenters. The summed E-state index contributed by atoms with van der Waals surface area (Å²) < 4.78 is 42.4. The number of anilines is 1. The first-order valence-corrected chi connectivity index (χ1v) is 13.0. The van der Waals surface area contributed by atoms with Crippen LogP contribution in [0, 0.1) is 11.6 Å². The van der Waals surface area contributed by atoms with Crippen molar-refractivity contribution in [2.45, 2.75) is 31.3 Å². The molecular weight excluding hydrogens is 514 g/mol. The number of amides is 1. The van der Waals surface area contributed by atoms with Crippen LogP contribution >= 0.6 is 0 Å². The predicted molar refractivity (Wildman–Crippen MR) is 148 cm³/mol. The normalized spacial score (nSPS) is 14.6. The minimum Gasteiger partial charge on any atom is -0.452 e. The highest BCUT2D eigenvalue weighted by Gasteiger charge is 2.43. The number of carbonyl (C=O) groups excluding carboxylic acids is 1. The van der Waals surface area contributed by atoms with Gasteiger partial charge in [0.05, 0.1) is 24.1 Å². The van der Waals surface area contributed by atoms with Crippen molar-refractivity contribution < 1.29 is 27.8 Å². The molecule has 2 N–H and O–H groups in total. The number of aromatic nitrogens is 1. The second-order valence-electron chi connectivity index (χ2n) is 10.1. The zero-order valence-corrected chi connectivity index (χ0v) is 21.7. The first-order chi connectivity index (χ1) is 19.4. The molecule has 2 aromatic heterocycles. The largest absolute Gasteiger partial charge is 0.452 e. The highest BCUT2D eigenvalue weighted by Crippen LogP contribution is 2.48. The van der Waals surface area contributed by atoms with Crippen LogP contribution in [0.25, 0.3) is 33.4 Å². The number of pyridine rings is 1. The molecule has 8 heteroatoms. The van der Waals surface area contributed by atoms with Gasteiger partial charge in [0.15, 0.2) is 11.3 Å². The zero-order chi connectivity index (χ0) is 27.9. The molecule has 1 amide bonds. The van der Waals surface area contributed by atoms with E-state index in [2.05, 4.69) is 10.3 Å². The fourth-order valence-corrected chi connectivity index (χ4v) is 4.98. The van der Waals surface area contributed by atoms with Crippen molar-refractivity contribution in [3.63, 3.8) is 0 Å². The van der Waals surface area contributed by atoms with Gasteiger partial charge in [-0.3, -0.25) is 10.3 Å². The van der Waals surface area contributed by atoms with E-state index in [1.165, 1.54) is 12.4 Å². The average molecular weight is 541 g/mol. The van der Waals surface area contributed by atoms with Crippen LogP contribution in [0.5, 0.6) is 0 Å². The highest BCUT2D eigenvalue weighted by atomic mass is 19.1. The number of aliphatic hydroxyl groups is 1. The van der Waals surface area contributed by atoms with Crippen LogP contribution in [0.4, 0.5) is 19.3 Å². The van der Waals surface area contributed by atoms with Crippen molar-refractivity contribution in [2.24, 2.45) is 0 Å². The molecule has 40 heavy (non-hydrogen) atoms. The van der Waals surface area contributed by atoms with Crippen LogP contribution in [0.3, 0.4) is 0 Å². The lowest BCUT2D eigenvalue weighted by atomic mass is 9.94. The van der Waals surface area contributed by atoms with E-state index in [0.717, 1.165) is 36.1 Å². The van der Waals surface area contributed by atoms with E-state index in [0.29, 0.717) is 16.5 Å². The van der Waals surface area contributed by atoms with Gasteiger partial charge in [-0.15, -0.1) is 0 Å². The quantitative estimate of drug-likeness (QED) is 0.220. The summed E-state index contributed by atoms with van der Waals surface area (Å²) in [6.07, 6.45) is 3.44. The van der Waals surface area contributed by atoms with Gasteiger partial charge in [-0.1, -0.05) is 54.6 Å². The van der Waals surface area contributed by atoms with Crippen molar-refractivity contribution in [3.05, 3.63) is 108 Å². The molecule has 1 atom stereocenters. The Labute approximate surface area is 229 Å². The molecule has 1 fully saturated rings. The van der Waals surface area contributed by atoms with Crippen LogP contribution in [-0.4, -0.2) is 22.8 Å². The van der Waals surface area contributed by atoms with E-state index in [-0.39, 0.29) is 34.6 Å². The number of hydrogen-bond acceptors (Lipinski definition) is 5. The maximum Gasteiger partial charge on any atom is 0.412 e. The minimum atomic E-state index is -0.772. The van der Waals surface area contributed by atoms with E-state index in [4.69, 9.17) is 9.15 Å². The summed E-state index contributed by atoms with van der Waals surface area (Å²) in [4.78, 5) is 16.9. The fraction of sp³-hybridized carbons (Fsp3) is 0.188. The molecule has 5 aromatic rings. The molecule has 3 aromatic carbocycles. The number of ether oxygens (including phenoxy) is 1. The van der Waals surface area contributed by atoms with Crippen molar-refractivity contribution in [1.82, 2.24) is 4.98 Å². The number of benzene rings is 3. The number of rotatable bonds is 7. The predicted octanol–water partition coefficient (Wildman–Crippen LogP) is 7.77. The molecule has 0 spiro atoms. The lowest BCUT2D eigenvalue weighted by molar-refractivity contribution is 0.121. The van der Waals surface area contributed by atoms with Crippen molar-refractivity contribution in [2.75, 3.05) is 11.9 Å². The second kappa shape index (κ2) is 10.2. The summed E-state index contributed by atoms with van der Waals surface area (Å²) in [6, 6.07) is 20.2. The number of furan rings is 1. The van der Waals surface area contributed by atoms with Crippen LogP contribution in [0.1, 0.15) is 37.0 Å². The molecule has 6 rings (SSSR count). The van der Waals surface area contributed by atoms with Gasteiger partial charge >= 0.3 is 6.09 Å². The topological polar surface area (TPSA) is 84.6 Å². The van der Waals surface area contributed by atoms with E-state index in [1.807, 2.05) is 42.5 Å². The SMILES string of the molecule is CC(OC(=O)Nc1c(-c2cc(F)c(-c3ccc(C4(CO)CC4)cc3)cc2F)oc2cnccc12)c1ccccc1. The van der Waals surface area contributed by atoms with Gasteiger partial charge in [0, 0.05) is 22.6 Å². The van der Waals surface area contributed by atoms with E-state index in [9.17, 15) is 9.90 Å². The number of fused-ring (bicyclic) bond motifs is 1. The van der Waals surface area contributed by atoms with Crippen LogP contribution in [-0.2, 0) is 10.2 Å². The standard InChI is InChI=1S/C32H26F2N2O4/c1-19(20-5-3-2-4-6-20)39-31(38)36-29-23-11-14-35-17-28(23)40-30(29)25-16-26(33)24(15-27(25)34)21-7-9-22(10-8-21)32(18-37)12-13-32/h2-11,14-17,19,37H,12-13,18H2,1H3,(H,36,38). The van der Waals surface area contributed by atoms with Gasteiger partial charge in [-0.25, -0.2) is 13.6 Å². The van der Waals surface area contributed by atoms with E-state index >= 15 is 8.78 Å². The highest BCUT2D eigenvalue weighted by molar-refractivity contribution is 6.04. The third kappa shape index (κ3) is 4.71. The average Bonchev–Trinajstić information content (AvgIpc) is 3.70. The summed E-state index contributed by atoms with van der Waals surface area (Å²) in [6.45, 7) is 1.80. The summed E-state index contributed by atoms with van der Waals surface area (Å²) in [7, 11) is 0. The number of halogens is 2. The molecule has 1 aliphatic rings. The van der Waals surface area contributed by atoms with Crippen LogP contribution < -0.4 is 5.32 Å². The maximum atomic E-state index is 15.6. The zero-order valence-electron chi connectivity index (χ0n) is 21.7. The summed E-state index contributed by atoms with van der Waals surface area (Å²) in [5.74, 6) is -1.43. The van der Waals surface area contributed by atoms with Gasteiger partial charge in [0.2, 0.25) is 0 Å². The minimum absolute atomic E-state index is 0.0516. The smallest absolute Gasteiger partial charge is 0.412 e. The maximum absolute atomic E-state index is 15.6. The fourth-order valence-electron chi connectivity index (χ4n) is 4.98. The Morgan fingerprint density at radius 2 is 1.75 bits per heavy atom. The molecule has 0 radical (unpaired) electrons. The lowest BCUT2D eigenvalue weighted by Gasteiger charge is -2.15. The number of nitrogens with zero attached hydrogens (tertiary/aromatic N) is 1. The van der Waals surface area contributed by atoms with Gasteiger partial charge in [-0.05, 0) is 54.7 Å². The third-order valence-electron chi connectivity index (χ3n) is 7.54. The van der Waals surface area contributed by atoms with E-state index in [1.54, 1.807) is 25.1 Å². The Bertz CT molecular complexity index is 1700. The van der Waals surface area contributed by atoms with Crippen molar-refractivity contribution in [3.8, 4) is 22.5 Å². The summed E-state index contributed by atoms with van der Waals surface area (Å²) in [5, 5.41) is 12.8. The lowest BCUT2D eigenvalue weighted by Crippen LogP contribution is -2.16. The molecule has 6 nitrogen and oxygen atoms in total. The van der Waals surface area contributed by atoms with Gasteiger partial charge < -0.3 is 14.3 Å². The van der Waals surface area contributed by atoms with Gasteiger partial charge in [0.25, 0.3) is 0 Å². The third-order valence-corrected chi connectivity index (χ3v) is 7.54. The molecule has 1 aliphatic carbocycles. The van der Waals surface area contributed by atoms with Crippen molar-refractivity contribution in [1.29, 1.82) is 0 Å². The monoisotopic (exact) mass is 540 g/mol. The van der Waals surface area contributed by atoms with Crippen molar-refractivity contribution >= 4 is 22.7 Å². The Balaban J connectivity index is 1.32. The molecule has 0 aliphatic heterocycles.